The quantitative estimate of drug-likeness (QED) is 0.259. The van der Waals surface area contributed by atoms with Crippen LogP contribution in [0.1, 0.15) is 10.4 Å². The number of nitrogens with one attached hydrogen (secondary N) is 1. The van der Waals surface area contributed by atoms with E-state index in [0.717, 1.165) is 18.2 Å². The number of phenolic OH excluding ortho intramolecular Hbond substituents is 1. The van der Waals surface area contributed by atoms with Crippen LogP contribution in [0, 0.1) is 10.1 Å². The molecule has 0 saturated carbocycles. The van der Waals surface area contributed by atoms with Crippen LogP contribution in [0.4, 0.5) is 11.4 Å². The minimum atomic E-state index is -4.52. The number of nitro benzene ring substituents is 1. The number of phenols is 1. The maximum atomic E-state index is 12.3. The Morgan fingerprint density at radius 2 is 1.79 bits per heavy atom. The molecule has 0 atom stereocenters. The SMILES string of the molecule is O=C(Nc1ccc2c(O)cc(S(=O)(=O)O)cc2c1)c1cccc([N+](=O)[O-])c1.[Na]. The number of nitrogens with zero attached hydrogens (tertiary/aromatic N) is 1. The van der Waals surface area contributed by atoms with E-state index in [2.05, 4.69) is 5.32 Å². The van der Waals surface area contributed by atoms with E-state index in [0.29, 0.717) is 5.39 Å². The Balaban J connectivity index is 0.00000280. The smallest absolute Gasteiger partial charge is 0.294 e. The van der Waals surface area contributed by atoms with Crippen molar-refractivity contribution in [2.24, 2.45) is 0 Å². The zero-order valence-corrected chi connectivity index (χ0v) is 17.3. The van der Waals surface area contributed by atoms with Crippen LogP contribution in [-0.4, -0.2) is 58.5 Å². The number of fused-ring (bicyclic) bond motifs is 1. The number of carbonyl (C=O) groups excluding carboxylic acids is 1. The summed E-state index contributed by atoms with van der Waals surface area (Å²) in [6.07, 6.45) is 0. The van der Waals surface area contributed by atoms with Gasteiger partial charge in [0.15, 0.2) is 0 Å². The number of benzene rings is 3. The summed E-state index contributed by atoms with van der Waals surface area (Å²) < 4.78 is 31.7. The van der Waals surface area contributed by atoms with Crippen LogP contribution in [0.2, 0.25) is 0 Å². The predicted octanol–water partition coefficient (Wildman–Crippen LogP) is 2.57. The predicted molar refractivity (Wildman–Crippen MR) is 102 cm³/mol. The van der Waals surface area contributed by atoms with E-state index >= 15 is 0 Å². The molecule has 3 aromatic carbocycles. The molecule has 9 nitrogen and oxygen atoms in total. The molecule has 0 aliphatic heterocycles. The van der Waals surface area contributed by atoms with Gasteiger partial charge in [0, 0.05) is 64.4 Å². The topological polar surface area (TPSA) is 147 Å². The van der Waals surface area contributed by atoms with Crippen LogP contribution < -0.4 is 5.32 Å². The monoisotopic (exact) mass is 411 g/mol. The molecule has 139 valence electrons. The summed E-state index contributed by atoms with van der Waals surface area (Å²) >= 11 is 0. The van der Waals surface area contributed by atoms with Crippen molar-refractivity contribution < 1.29 is 27.8 Å². The third-order valence-corrected chi connectivity index (χ3v) is 4.61. The van der Waals surface area contributed by atoms with Gasteiger partial charge in [0.05, 0.1) is 9.82 Å². The first kappa shape index (κ1) is 21.8. The van der Waals surface area contributed by atoms with Gasteiger partial charge in [0.1, 0.15) is 5.75 Å². The number of nitro groups is 1. The number of aromatic hydroxyl groups is 1. The molecular weight excluding hydrogens is 399 g/mol. The number of hydrogen-bond acceptors (Lipinski definition) is 6. The molecule has 28 heavy (non-hydrogen) atoms. The second-order valence-corrected chi connectivity index (χ2v) is 7.04. The molecule has 0 fully saturated rings. The maximum absolute atomic E-state index is 12.3. The largest absolute Gasteiger partial charge is 0.507 e. The first-order chi connectivity index (χ1) is 12.6. The average Bonchev–Trinajstić information content (AvgIpc) is 2.60. The molecule has 3 rings (SSSR count). The van der Waals surface area contributed by atoms with Crippen molar-refractivity contribution in [1.29, 1.82) is 0 Å². The molecule has 0 aromatic heterocycles. The molecule has 0 heterocycles. The molecule has 0 aliphatic rings. The Bertz CT molecular complexity index is 1200. The fraction of sp³-hybridized carbons (Fsp3) is 0. The van der Waals surface area contributed by atoms with E-state index in [1.54, 1.807) is 0 Å². The Morgan fingerprint density at radius 1 is 1.07 bits per heavy atom. The Labute approximate surface area is 181 Å². The van der Waals surface area contributed by atoms with Crippen molar-refractivity contribution in [3.8, 4) is 5.75 Å². The third kappa shape index (κ3) is 4.66. The Hall–Kier alpha value is -2.50. The molecule has 0 unspecified atom stereocenters. The molecule has 1 radical (unpaired) electrons. The van der Waals surface area contributed by atoms with Gasteiger partial charge in [-0.3, -0.25) is 19.5 Å². The normalized spacial score (nSPS) is 10.9. The number of amides is 1. The molecule has 3 aromatic rings. The zero-order valence-electron chi connectivity index (χ0n) is 14.5. The van der Waals surface area contributed by atoms with E-state index in [-0.39, 0.29) is 57.6 Å². The van der Waals surface area contributed by atoms with Crippen LogP contribution in [0.3, 0.4) is 0 Å². The van der Waals surface area contributed by atoms with Crippen LogP contribution in [0.25, 0.3) is 10.8 Å². The van der Waals surface area contributed by atoms with Crippen molar-refractivity contribution in [3.05, 3.63) is 70.3 Å². The van der Waals surface area contributed by atoms with E-state index in [1.807, 2.05) is 0 Å². The van der Waals surface area contributed by atoms with Crippen molar-refractivity contribution in [2.75, 3.05) is 5.32 Å². The van der Waals surface area contributed by atoms with Gasteiger partial charge >= 0.3 is 0 Å². The van der Waals surface area contributed by atoms with Gasteiger partial charge in [-0.25, -0.2) is 0 Å². The summed E-state index contributed by atoms with van der Waals surface area (Å²) in [6, 6.07) is 11.6. The number of non-ortho nitro benzene ring substituents is 1. The number of anilines is 1. The number of hydrogen-bond donors (Lipinski definition) is 3. The fourth-order valence-corrected chi connectivity index (χ4v) is 3.05. The summed E-state index contributed by atoms with van der Waals surface area (Å²) in [5.74, 6) is -0.954. The molecule has 0 bridgehead atoms. The van der Waals surface area contributed by atoms with E-state index in [9.17, 15) is 28.4 Å². The van der Waals surface area contributed by atoms with Gasteiger partial charge in [-0.05, 0) is 35.7 Å². The van der Waals surface area contributed by atoms with Crippen LogP contribution >= 0.6 is 0 Å². The fourth-order valence-electron chi connectivity index (χ4n) is 2.51. The summed E-state index contributed by atoms with van der Waals surface area (Å²) in [5.41, 5.74) is 0.105. The molecule has 0 spiro atoms. The Morgan fingerprint density at radius 3 is 2.43 bits per heavy atom. The molecule has 11 heteroatoms. The summed E-state index contributed by atoms with van der Waals surface area (Å²) in [5, 5.41) is 23.8. The first-order valence-electron chi connectivity index (χ1n) is 7.45. The van der Waals surface area contributed by atoms with Crippen LogP contribution in [-0.2, 0) is 10.1 Å². The first-order valence-corrected chi connectivity index (χ1v) is 8.89. The van der Waals surface area contributed by atoms with Crippen molar-refractivity contribution >= 4 is 67.7 Å². The van der Waals surface area contributed by atoms with Crippen LogP contribution in [0.15, 0.2) is 59.5 Å². The van der Waals surface area contributed by atoms with E-state index < -0.39 is 25.8 Å². The van der Waals surface area contributed by atoms with E-state index in [4.69, 9.17) is 4.55 Å². The molecular formula is C17H12N2NaO7S. The molecule has 0 saturated heterocycles. The van der Waals surface area contributed by atoms with Crippen molar-refractivity contribution in [2.45, 2.75) is 4.90 Å². The van der Waals surface area contributed by atoms with Gasteiger partial charge in [-0.1, -0.05) is 6.07 Å². The molecule has 3 N–H and O–H groups in total. The number of carbonyl (C=O) groups is 1. The Kier molecular flexibility index (Phi) is 6.42. The van der Waals surface area contributed by atoms with Gasteiger partial charge in [-0.2, -0.15) is 8.42 Å². The van der Waals surface area contributed by atoms with Crippen molar-refractivity contribution in [1.82, 2.24) is 0 Å². The second-order valence-electron chi connectivity index (χ2n) is 5.61. The summed E-state index contributed by atoms with van der Waals surface area (Å²) in [7, 11) is -4.52. The zero-order chi connectivity index (χ0) is 19.8. The second kappa shape index (κ2) is 8.25. The third-order valence-electron chi connectivity index (χ3n) is 3.78. The number of rotatable bonds is 4. The minimum Gasteiger partial charge on any atom is -0.507 e. The van der Waals surface area contributed by atoms with Crippen LogP contribution in [0.5, 0.6) is 5.75 Å². The average molecular weight is 411 g/mol. The van der Waals surface area contributed by atoms with Gasteiger partial charge < -0.3 is 10.4 Å². The van der Waals surface area contributed by atoms with Gasteiger partial charge in [-0.15, -0.1) is 0 Å². The van der Waals surface area contributed by atoms with Gasteiger partial charge in [0.25, 0.3) is 21.7 Å². The summed E-state index contributed by atoms with van der Waals surface area (Å²) in [4.78, 5) is 22.0. The van der Waals surface area contributed by atoms with Crippen molar-refractivity contribution in [3.63, 3.8) is 0 Å². The van der Waals surface area contributed by atoms with E-state index in [1.165, 1.54) is 36.4 Å². The molecule has 0 aliphatic carbocycles. The molecule has 1 amide bonds. The standard InChI is InChI=1S/C17H12N2O7S.Na/c20-16-9-14(27(24,25)26)8-11-6-12(4-5-15(11)16)18-17(21)10-2-1-3-13(7-10)19(22)23;/h1-9,20H,(H,18,21)(H,24,25,26);. The maximum Gasteiger partial charge on any atom is 0.294 e. The minimum absolute atomic E-state index is 0. The van der Waals surface area contributed by atoms with Gasteiger partial charge in [0.2, 0.25) is 0 Å². The summed E-state index contributed by atoms with van der Waals surface area (Å²) in [6.45, 7) is 0.